The smallest absolute Gasteiger partial charge is 0.421 e. The van der Waals surface area contributed by atoms with Crippen LogP contribution in [0.4, 0.5) is 19.0 Å². The van der Waals surface area contributed by atoms with Gasteiger partial charge in [0.15, 0.2) is 0 Å². The number of carbonyl (C=O) groups is 2. The van der Waals surface area contributed by atoms with Crippen molar-refractivity contribution in [3.05, 3.63) is 35.2 Å². The molecule has 0 aliphatic carbocycles. The summed E-state index contributed by atoms with van der Waals surface area (Å²) in [7, 11) is 2.23. The lowest BCUT2D eigenvalue weighted by Gasteiger charge is -2.31. The Morgan fingerprint density at radius 1 is 1.29 bits per heavy atom. The van der Waals surface area contributed by atoms with Crippen molar-refractivity contribution in [2.75, 3.05) is 25.7 Å². The first kappa shape index (κ1) is 21.5. The Hall–Kier alpha value is -2.76. The van der Waals surface area contributed by atoms with Gasteiger partial charge in [-0.25, -0.2) is 4.79 Å². The summed E-state index contributed by atoms with van der Waals surface area (Å²) < 4.78 is 49.8. The number of fused-ring (bicyclic) bond motifs is 1. The fourth-order valence-electron chi connectivity index (χ4n) is 2.87. The van der Waals surface area contributed by atoms with E-state index in [0.29, 0.717) is 0 Å². The van der Waals surface area contributed by atoms with Crippen LogP contribution in [0.1, 0.15) is 39.4 Å². The van der Waals surface area contributed by atoms with Crippen molar-refractivity contribution in [1.82, 2.24) is 14.8 Å². The normalized spacial score (nSPS) is 16.3. The lowest BCUT2D eigenvalue weighted by Crippen LogP contribution is -2.43. The summed E-state index contributed by atoms with van der Waals surface area (Å²) in [4.78, 5) is 29.8. The van der Waals surface area contributed by atoms with Crippen LogP contribution in [-0.2, 0) is 10.9 Å². The lowest BCUT2D eigenvalue weighted by molar-refractivity contribution is -0.139. The average molecular weight is 418 g/mol. The van der Waals surface area contributed by atoms with E-state index in [2.05, 4.69) is 14.8 Å². The molecule has 0 aromatic carbocycles. The number of ether oxygens (including phenoxy) is 2. The van der Waals surface area contributed by atoms with Crippen LogP contribution >= 0.6 is 13.5 Å². The van der Waals surface area contributed by atoms with Gasteiger partial charge in [0.2, 0.25) is 5.88 Å². The van der Waals surface area contributed by atoms with Gasteiger partial charge in [0.05, 0.1) is 26.5 Å². The maximum atomic E-state index is 13.0. The Labute approximate surface area is 164 Å². The van der Waals surface area contributed by atoms with Crippen LogP contribution in [0.15, 0.2) is 18.3 Å². The first-order chi connectivity index (χ1) is 12.7. The number of pyridine rings is 1. The molecule has 0 saturated carbocycles. The van der Waals surface area contributed by atoms with E-state index in [0.717, 1.165) is 19.2 Å². The van der Waals surface area contributed by atoms with Gasteiger partial charge in [0.1, 0.15) is 22.6 Å². The maximum absolute atomic E-state index is 13.0. The number of nitrogens with zero attached hydrogens (tertiary/aromatic N) is 4. The zero-order valence-corrected chi connectivity index (χ0v) is 16.1. The zero-order valence-electron chi connectivity index (χ0n) is 15.1. The third-order valence-corrected chi connectivity index (χ3v) is 4.13. The Balaban J connectivity index is 0.00000280. The van der Waals surface area contributed by atoms with E-state index in [1.807, 2.05) is 0 Å². The van der Waals surface area contributed by atoms with E-state index in [1.54, 1.807) is 6.92 Å². The van der Waals surface area contributed by atoms with Crippen LogP contribution in [0.25, 0.3) is 0 Å². The number of rotatable bonds is 3. The molecule has 8 nitrogen and oxygen atoms in total. The first-order valence-corrected chi connectivity index (χ1v) is 7.79. The Bertz CT molecular complexity index is 916. The van der Waals surface area contributed by atoms with Crippen molar-refractivity contribution in [3.8, 4) is 5.88 Å². The summed E-state index contributed by atoms with van der Waals surface area (Å²) >= 11 is 0. The predicted molar refractivity (Wildman–Crippen MR) is 96.1 cm³/mol. The third kappa shape index (κ3) is 3.51. The van der Waals surface area contributed by atoms with Crippen molar-refractivity contribution in [1.29, 1.82) is 0 Å². The van der Waals surface area contributed by atoms with Crippen LogP contribution in [0, 0.1) is 0 Å². The van der Waals surface area contributed by atoms with Gasteiger partial charge in [-0.1, -0.05) is 0 Å². The van der Waals surface area contributed by atoms with E-state index >= 15 is 0 Å². The summed E-state index contributed by atoms with van der Waals surface area (Å²) in [6.07, 6.45) is -3.42. The highest BCUT2D eigenvalue weighted by molar-refractivity contribution is 7.59. The van der Waals surface area contributed by atoms with Crippen molar-refractivity contribution < 1.29 is 32.2 Å². The Morgan fingerprint density at radius 3 is 2.54 bits per heavy atom. The first-order valence-electron chi connectivity index (χ1n) is 7.79. The topological polar surface area (TPSA) is 86.5 Å². The lowest BCUT2D eigenvalue weighted by atomic mass is 10.1. The average Bonchev–Trinajstić information content (AvgIpc) is 3.08. The van der Waals surface area contributed by atoms with Crippen molar-refractivity contribution in [2.45, 2.75) is 19.1 Å². The number of alkyl halides is 3. The fourth-order valence-corrected chi connectivity index (χ4v) is 2.87. The van der Waals surface area contributed by atoms with Crippen molar-refractivity contribution >= 4 is 31.2 Å². The molecule has 152 valence electrons. The van der Waals surface area contributed by atoms with Gasteiger partial charge in [0, 0.05) is 6.54 Å². The standard InChI is InChI=1S/C16H15F3N4O4.H2S/c1-8-7-22(11-5-4-10(16(17,18)19)13(21-11)26-2)14(24)12-9(15(25)27-3)6-20-23(8)12;/h4-6,8H,7H2,1-3H3;1H2/t8-;/m0./s1. The molecule has 0 spiro atoms. The van der Waals surface area contributed by atoms with Gasteiger partial charge < -0.3 is 9.47 Å². The quantitative estimate of drug-likeness (QED) is 0.712. The van der Waals surface area contributed by atoms with Gasteiger partial charge in [-0.2, -0.15) is 36.7 Å². The minimum absolute atomic E-state index is 0. The molecular weight excluding hydrogens is 401 g/mol. The highest BCUT2D eigenvalue weighted by Gasteiger charge is 2.38. The fraction of sp³-hybridized carbons (Fsp3) is 0.375. The molecule has 0 saturated heterocycles. The number of amides is 1. The Morgan fingerprint density at radius 2 is 1.96 bits per heavy atom. The van der Waals surface area contributed by atoms with Crippen LogP contribution in [0.5, 0.6) is 5.88 Å². The second-order valence-corrected chi connectivity index (χ2v) is 5.83. The zero-order chi connectivity index (χ0) is 19.9. The van der Waals surface area contributed by atoms with Gasteiger partial charge in [-0.3, -0.25) is 14.4 Å². The number of hydrogen-bond acceptors (Lipinski definition) is 6. The second kappa shape index (κ2) is 7.70. The molecule has 1 aliphatic heterocycles. The number of methoxy groups -OCH3 is 2. The molecule has 1 aliphatic rings. The predicted octanol–water partition coefficient (Wildman–Crippen LogP) is 2.43. The molecule has 0 radical (unpaired) electrons. The number of anilines is 1. The summed E-state index contributed by atoms with van der Waals surface area (Å²) in [6, 6.07) is 1.54. The van der Waals surface area contributed by atoms with Gasteiger partial charge >= 0.3 is 12.1 Å². The third-order valence-electron chi connectivity index (χ3n) is 4.13. The minimum atomic E-state index is -4.65. The SMILES string of the molecule is COC(=O)c1cnn2c1C(=O)N(c1ccc(C(F)(F)F)c(OC)n1)C[C@@H]2C.S. The van der Waals surface area contributed by atoms with Gasteiger partial charge in [-0.05, 0) is 19.1 Å². The molecule has 1 atom stereocenters. The summed E-state index contributed by atoms with van der Waals surface area (Å²) in [5.41, 5.74) is -1.09. The number of esters is 1. The maximum Gasteiger partial charge on any atom is 0.421 e. The van der Waals surface area contributed by atoms with Crippen molar-refractivity contribution in [3.63, 3.8) is 0 Å². The summed E-state index contributed by atoms with van der Waals surface area (Å²) in [5.74, 6) is -2.04. The molecule has 0 N–H and O–H groups in total. The second-order valence-electron chi connectivity index (χ2n) is 5.83. The molecule has 2 aromatic rings. The van der Waals surface area contributed by atoms with E-state index < -0.39 is 29.5 Å². The molecule has 0 fully saturated rings. The highest BCUT2D eigenvalue weighted by Crippen LogP contribution is 2.37. The van der Waals surface area contributed by atoms with Crippen LogP contribution in [0.2, 0.25) is 0 Å². The molecule has 0 unspecified atom stereocenters. The molecule has 3 heterocycles. The number of aromatic nitrogens is 3. The van der Waals surface area contributed by atoms with E-state index in [4.69, 9.17) is 4.74 Å². The summed E-state index contributed by atoms with van der Waals surface area (Å²) in [6.45, 7) is 1.86. The molecule has 1 amide bonds. The molecular formula is C16H17F3N4O4S. The van der Waals surface area contributed by atoms with Crippen LogP contribution in [-0.4, -0.2) is 47.4 Å². The summed E-state index contributed by atoms with van der Waals surface area (Å²) in [5, 5.41) is 4.04. The monoisotopic (exact) mass is 418 g/mol. The van der Waals surface area contributed by atoms with Crippen LogP contribution in [0.3, 0.4) is 0 Å². The van der Waals surface area contributed by atoms with Crippen molar-refractivity contribution in [2.24, 2.45) is 0 Å². The molecule has 0 bridgehead atoms. The van der Waals surface area contributed by atoms with E-state index in [1.165, 1.54) is 22.9 Å². The number of halogens is 3. The minimum Gasteiger partial charge on any atom is -0.481 e. The molecule has 2 aromatic heterocycles. The molecule has 3 rings (SSSR count). The van der Waals surface area contributed by atoms with Gasteiger partial charge in [-0.15, -0.1) is 0 Å². The van der Waals surface area contributed by atoms with Gasteiger partial charge in [0.25, 0.3) is 5.91 Å². The number of hydrogen-bond donors (Lipinski definition) is 0. The Kier molecular flexibility index (Phi) is 5.92. The van der Waals surface area contributed by atoms with Crippen LogP contribution < -0.4 is 9.64 Å². The molecule has 28 heavy (non-hydrogen) atoms. The number of carbonyl (C=O) groups excluding carboxylic acids is 2. The van der Waals surface area contributed by atoms with E-state index in [9.17, 15) is 22.8 Å². The largest absolute Gasteiger partial charge is 0.481 e. The molecule has 12 heteroatoms. The van der Waals surface area contributed by atoms with E-state index in [-0.39, 0.29) is 43.2 Å². The highest BCUT2D eigenvalue weighted by atomic mass is 32.1.